The minimum atomic E-state index is -0.183. The van der Waals surface area contributed by atoms with Crippen molar-refractivity contribution in [2.24, 2.45) is 5.92 Å². The van der Waals surface area contributed by atoms with Crippen molar-refractivity contribution in [3.63, 3.8) is 0 Å². The van der Waals surface area contributed by atoms with Gasteiger partial charge in [-0.1, -0.05) is 37.6 Å². The predicted octanol–water partition coefficient (Wildman–Crippen LogP) is 3.35. The van der Waals surface area contributed by atoms with Crippen LogP contribution in [-0.2, 0) is 11.3 Å². The molecule has 1 saturated heterocycles. The molecule has 3 rings (SSSR count). The summed E-state index contributed by atoms with van der Waals surface area (Å²) in [5.74, 6) is 1.53. The van der Waals surface area contributed by atoms with Crippen LogP contribution in [0.3, 0.4) is 0 Å². The van der Waals surface area contributed by atoms with E-state index in [4.69, 9.17) is 9.47 Å². The monoisotopic (exact) mass is 397 g/mol. The Morgan fingerprint density at radius 2 is 1.93 bits per heavy atom. The minimum absolute atomic E-state index is 0.0255. The molecule has 1 heterocycles. The van der Waals surface area contributed by atoms with Crippen LogP contribution in [0.2, 0.25) is 0 Å². The Balaban J connectivity index is 1.57. The predicted molar refractivity (Wildman–Crippen MR) is 114 cm³/mol. The summed E-state index contributed by atoms with van der Waals surface area (Å²) in [7, 11) is 0. The molecule has 1 amide bonds. The molecule has 2 aromatic carbocycles. The Morgan fingerprint density at radius 3 is 2.69 bits per heavy atom. The van der Waals surface area contributed by atoms with Crippen LogP contribution in [0.1, 0.15) is 43.9 Å². The van der Waals surface area contributed by atoms with Crippen molar-refractivity contribution in [2.45, 2.75) is 39.3 Å². The fourth-order valence-corrected chi connectivity index (χ4v) is 3.39. The van der Waals surface area contributed by atoms with Crippen LogP contribution in [0.15, 0.2) is 48.5 Å². The summed E-state index contributed by atoms with van der Waals surface area (Å²) in [6, 6.07) is 15.7. The summed E-state index contributed by atoms with van der Waals surface area (Å²) in [6.07, 6.45) is 2.16. The van der Waals surface area contributed by atoms with Crippen LogP contribution in [0.5, 0.6) is 11.5 Å². The zero-order valence-corrected chi connectivity index (χ0v) is 17.2. The molecule has 1 aliphatic rings. The van der Waals surface area contributed by atoms with E-state index >= 15 is 0 Å². The average Bonchev–Trinajstić information content (AvgIpc) is 3.23. The van der Waals surface area contributed by atoms with E-state index in [0.717, 1.165) is 42.1 Å². The van der Waals surface area contributed by atoms with E-state index in [1.165, 1.54) is 0 Å². The molecule has 0 radical (unpaired) electrons. The highest BCUT2D eigenvalue weighted by Crippen LogP contribution is 2.27. The smallest absolute Gasteiger partial charge is 0.226 e. The lowest BCUT2D eigenvalue weighted by Gasteiger charge is -2.19. The third-order valence-electron chi connectivity index (χ3n) is 5.00. The maximum atomic E-state index is 12.8. The molecule has 0 saturated carbocycles. The van der Waals surface area contributed by atoms with Crippen LogP contribution in [0.25, 0.3) is 0 Å². The van der Waals surface area contributed by atoms with Gasteiger partial charge in [0.05, 0.1) is 25.2 Å². The molecule has 1 fully saturated rings. The van der Waals surface area contributed by atoms with Gasteiger partial charge in [0.25, 0.3) is 0 Å². The molecule has 156 valence electrons. The lowest BCUT2D eigenvalue weighted by molar-refractivity contribution is -0.125. The van der Waals surface area contributed by atoms with Gasteiger partial charge < -0.3 is 14.8 Å². The molecular weight excluding hydrogens is 366 g/mol. The van der Waals surface area contributed by atoms with Gasteiger partial charge in [-0.3, -0.25) is 10.2 Å². The zero-order valence-electron chi connectivity index (χ0n) is 17.2. The van der Waals surface area contributed by atoms with Gasteiger partial charge in [0.2, 0.25) is 5.91 Å². The maximum Gasteiger partial charge on any atom is 0.226 e. The van der Waals surface area contributed by atoms with Crippen molar-refractivity contribution in [3.8, 4) is 11.5 Å². The number of amides is 1. The molecule has 3 N–H and O–H groups in total. The normalized spacial score (nSPS) is 18.4. The molecule has 2 atom stereocenters. The molecule has 0 bridgehead atoms. The largest absolute Gasteiger partial charge is 0.494 e. The van der Waals surface area contributed by atoms with Gasteiger partial charge in [-0.15, -0.1) is 0 Å². The number of hydrogen-bond acceptors (Lipinski definition) is 5. The van der Waals surface area contributed by atoms with Gasteiger partial charge in [-0.05, 0) is 48.7 Å². The Morgan fingerprint density at radius 1 is 1.10 bits per heavy atom. The second-order valence-corrected chi connectivity index (χ2v) is 7.18. The highest BCUT2D eigenvalue weighted by Gasteiger charge is 2.33. The summed E-state index contributed by atoms with van der Waals surface area (Å²) >= 11 is 0. The highest BCUT2D eigenvalue weighted by atomic mass is 16.5. The second kappa shape index (κ2) is 10.8. The van der Waals surface area contributed by atoms with E-state index in [0.29, 0.717) is 19.7 Å². The Kier molecular flexibility index (Phi) is 7.90. The van der Waals surface area contributed by atoms with E-state index in [2.05, 4.69) is 23.1 Å². The van der Waals surface area contributed by atoms with E-state index in [1.54, 1.807) is 0 Å². The Labute approximate surface area is 173 Å². The summed E-state index contributed by atoms with van der Waals surface area (Å²) in [4.78, 5) is 12.8. The van der Waals surface area contributed by atoms with Gasteiger partial charge in [-0.2, -0.15) is 0 Å². The second-order valence-electron chi connectivity index (χ2n) is 7.18. The number of carbonyl (C=O) groups excluding carboxylic acids is 1. The van der Waals surface area contributed by atoms with Crippen LogP contribution in [0.4, 0.5) is 0 Å². The number of carbonyl (C=O) groups is 1. The molecule has 0 spiro atoms. The standard InChI is InChI=1S/C23H31N3O3/c1-3-5-13-29-19-11-9-18(10-12-19)22-21(16-25-26-22)23(27)24-15-17-7-6-8-20(14-17)28-4-2/h6-12,14,21-22,25-26H,3-5,13,15-16H2,1-2H3,(H,24,27). The number of hydrazine groups is 1. The van der Waals surface area contributed by atoms with Crippen LogP contribution in [-0.4, -0.2) is 25.7 Å². The number of benzene rings is 2. The maximum absolute atomic E-state index is 12.8. The first-order valence-corrected chi connectivity index (χ1v) is 10.4. The Bertz CT molecular complexity index is 779. The average molecular weight is 398 g/mol. The van der Waals surface area contributed by atoms with Crippen LogP contribution in [0, 0.1) is 5.92 Å². The number of unbranched alkanes of at least 4 members (excludes halogenated alkanes) is 1. The molecular formula is C23H31N3O3. The first-order chi connectivity index (χ1) is 14.2. The first kappa shape index (κ1) is 21.1. The molecule has 29 heavy (non-hydrogen) atoms. The lowest BCUT2D eigenvalue weighted by atomic mass is 9.94. The zero-order chi connectivity index (χ0) is 20.5. The van der Waals surface area contributed by atoms with Gasteiger partial charge in [0.1, 0.15) is 11.5 Å². The summed E-state index contributed by atoms with van der Waals surface area (Å²) < 4.78 is 11.3. The van der Waals surface area contributed by atoms with Gasteiger partial charge in [-0.25, -0.2) is 5.43 Å². The molecule has 2 aromatic rings. The number of ether oxygens (including phenoxy) is 2. The quantitative estimate of drug-likeness (QED) is 0.537. The van der Waals surface area contributed by atoms with E-state index in [9.17, 15) is 4.79 Å². The Hall–Kier alpha value is -2.57. The molecule has 6 nitrogen and oxygen atoms in total. The first-order valence-electron chi connectivity index (χ1n) is 10.4. The highest BCUT2D eigenvalue weighted by molar-refractivity contribution is 5.80. The summed E-state index contributed by atoms with van der Waals surface area (Å²) in [5, 5.41) is 3.06. The third-order valence-corrected chi connectivity index (χ3v) is 5.00. The van der Waals surface area contributed by atoms with E-state index < -0.39 is 0 Å². The van der Waals surface area contributed by atoms with Crippen molar-refractivity contribution < 1.29 is 14.3 Å². The SMILES string of the molecule is CCCCOc1ccc(C2NNCC2C(=O)NCc2cccc(OCC)c2)cc1. The fourth-order valence-electron chi connectivity index (χ4n) is 3.39. The molecule has 0 aromatic heterocycles. The van der Waals surface area contributed by atoms with Crippen molar-refractivity contribution in [2.75, 3.05) is 19.8 Å². The number of rotatable bonds is 10. The molecule has 0 aliphatic carbocycles. The van der Waals surface area contributed by atoms with E-state index in [-0.39, 0.29) is 17.9 Å². The van der Waals surface area contributed by atoms with Crippen LogP contribution < -0.4 is 25.6 Å². The fraction of sp³-hybridized carbons (Fsp3) is 0.435. The van der Waals surface area contributed by atoms with Crippen molar-refractivity contribution >= 4 is 5.91 Å². The molecule has 2 unspecified atom stereocenters. The van der Waals surface area contributed by atoms with Crippen LogP contribution >= 0.6 is 0 Å². The minimum Gasteiger partial charge on any atom is -0.494 e. The van der Waals surface area contributed by atoms with E-state index in [1.807, 2.05) is 55.5 Å². The third kappa shape index (κ3) is 5.95. The van der Waals surface area contributed by atoms with Gasteiger partial charge in [0.15, 0.2) is 0 Å². The molecule has 6 heteroatoms. The van der Waals surface area contributed by atoms with Gasteiger partial charge >= 0.3 is 0 Å². The summed E-state index contributed by atoms with van der Waals surface area (Å²) in [6.45, 7) is 6.52. The summed E-state index contributed by atoms with van der Waals surface area (Å²) in [5.41, 5.74) is 8.44. The topological polar surface area (TPSA) is 71.6 Å². The molecule has 1 aliphatic heterocycles. The number of hydrogen-bond donors (Lipinski definition) is 3. The van der Waals surface area contributed by atoms with Crippen molar-refractivity contribution in [1.82, 2.24) is 16.2 Å². The van der Waals surface area contributed by atoms with Crippen molar-refractivity contribution in [1.29, 1.82) is 0 Å². The number of nitrogens with one attached hydrogen (secondary N) is 3. The lowest BCUT2D eigenvalue weighted by Crippen LogP contribution is -2.34. The van der Waals surface area contributed by atoms with Gasteiger partial charge in [0, 0.05) is 13.1 Å². The van der Waals surface area contributed by atoms with Crippen molar-refractivity contribution in [3.05, 3.63) is 59.7 Å².